The largest absolute Gasteiger partial charge is 0.479 e. The first kappa shape index (κ1) is 13.0. The van der Waals surface area contributed by atoms with Crippen molar-refractivity contribution in [3.05, 3.63) is 30.3 Å². The van der Waals surface area contributed by atoms with Gasteiger partial charge in [-0.05, 0) is 12.1 Å². The molecule has 0 spiro atoms. The average Bonchev–Trinajstić information content (AvgIpc) is 2.17. The third-order valence-electron chi connectivity index (χ3n) is 1.65. The van der Waals surface area contributed by atoms with E-state index in [0.29, 0.717) is 0 Å². The normalized spacial score (nSPS) is 13.7. The highest BCUT2D eigenvalue weighted by Gasteiger charge is 2.59. The van der Waals surface area contributed by atoms with Gasteiger partial charge < -0.3 is 0 Å². The highest BCUT2D eigenvalue weighted by atomic mass is 32.3. The average molecular weight is 274 g/mol. The van der Waals surface area contributed by atoms with Gasteiger partial charge in [-0.1, -0.05) is 22.1 Å². The first-order valence-electron chi connectivity index (χ1n) is 3.72. The molecule has 0 amide bonds. The number of hydrogen-bond acceptors (Lipinski definition) is 4. The van der Waals surface area contributed by atoms with Gasteiger partial charge in [0.2, 0.25) is 0 Å². The summed E-state index contributed by atoms with van der Waals surface area (Å²) < 4.78 is 74.8. The molecule has 0 saturated heterocycles. The van der Waals surface area contributed by atoms with Crippen LogP contribution in [0.3, 0.4) is 0 Å². The van der Waals surface area contributed by atoms with E-state index < -0.39 is 29.5 Å². The molecule has 0 aliphatic carbocycles. The van der Waals surface area contributed by atoms with Gasteiger partial charge in [0.05, 0.1) is 4.90 Å². The monoisotopic (exact) mass is 274 g/mol. The number of alkyl halides is 2. The van der Waals surface area contributed by atoms with E-state index in [0.717, 1.165) is 24.3 Å². The second-order valence-corrected chi connectivity index (χ2v) is 6.36. The van der Waals surface area contributed by atoms with E-state index in [2.05, 4.69) is 0 Å². The van der Waals surface area contributed by atoms with Gasteiger partial charge in [0.15, 0.2) is 0 Å². The SMILES string of the molecule is O=S(=O)(F)C(F)(F)S(=O)(=O)c1ccccc1. The van der Waals surface area contributed by atoms with Crippen molar-refractivity contribution in [1.29, 1.82) is 0 Å². The minimum atomic E-state index is -6.53. The van der Waals surface area contributed by atoms with Gasteiger partial charge in [-0.2, -0.15) is 17.2 Å². The highest BCUT2D eigenvalue weighted by molar-refractivity contribution is 8.07. The molecule has 0 atom stereocenters. The van der Waals surface area contributed by atoms with Crippen molar-refractivity contribution in [2.75, 3.05) is 0 Å². The van der Waals surface area contributed by atoms with Crippen LogP contribution in [0.15, 0.2) is 35.2 Å². The summed E-state index contributed by atoms with van der Waals surface area (Å²) >= 11 is 0. The van der Waals surface area contributed by atoms with Crippen LogP contribution in [0.1, 0.15) is 0 Å². The van der Waals surface area contributed by atoms with Gasteiger partial charge >= 0.3 is 14.8 Å². The summed E-state index contributed by atoms with van der Waals surface area (Å²) in [4.78, 5) is -0.971. The predicted molar refractivity (Wildman–Crippen MR) is 48.6 cm³/mol. The maximum Gasteiger partial charge on any atom is 0.479 e. The van der Waals surface area contributed by atoms with Crippen LogP contribution in [0, 0.1) is 0 Å². The zero-order chi connectivity index (χ0) is 12.6. The third-order valence-corrected chi connectivity index (χ3v) is 4.99. The van der Waals surface area contributed by atoms with Crippen molar-refractivity contribution in [3.63, 3.8) is 0 Å². The number of halogens is 3. The van der Waals surface area contributed by atoms with Crippen LogP contribution in [0.5, 0.6) is 0 Å². The lowest BCUT2D eigenvalue weighted by molar-refractivity contribution is 0.173. The minimum absolute atomic E-state index is 0.744. The molecule has 1 aromatic carbocycles. The Labute approximate surface area is 89.8 Å². The summed E-state index contributed by atoms with van der Waals surface area (Å²) in [6.07, 6.45) is 0. The maximum atomic E-state index is 12.8. The molecular formula is C7H5F3O4S2. The number of rotatable bonds is 3. The molecule has 0 N–H and O–H groups in total. The van der Waals surface area contributed by atoms with Gasteiger partial charge in [0, 0.05) is 0 Å². The Morgan fingerprint density at radius 1 is 0.938 bits per heavy atom. The van der Waals surface area contributed by atoms with Gasteiger partial charge in [-0.25, -0.2) is 8.42 Å². The summed E-state index contributed by atoms with van der Waals surface area (Å²) in [5, 5.41) is 0. The second kappa shape index (κ2) is 3.74. The van der Waals surface area contributed by atoms with Crippen molar-refractivity contribution in [2.45, 2.75) is 9.48 Å². The molecule has 0 aliphatic rings. The van der Waals surface area contributed by atoms with Gasteiger partial charge in [-0.3, -0.25) is 0 Å². The quantitative estimate of drug-likeness (QED) is 0.779. The number of hydrogen-bond donors (Lipinski definition) is 0. The van der Waals surface area contributed by atoms with Crippen molar-refractivity contribution < 1.29 is 29.5 Å². The van der Waals surface area contributed by atoms with Crippen molar-refractivity contribution in [1.82, 2.24) is 0 Å². The summed E-state index contributed by atoms with van der Waals surface area (Å²) in [5.74, 6) is 0. The van der Waals surface area contributed by atoms with Crippen LogP contribution >= 0.6 is 0 Å². The highest BCUT2D eigenvalue weighted by Crippen LogP contribution is 2.34. The fourth-order valence-corrected chi connectivity index (χ4v) is 2.99. The second-order valence-electron chi connectivity index (χ2n) is 2.72. The Hall–Kier alpha value is -1.09. The van der Waals surface area contributed by atoms with Gasteiger partial charge in [0.25, 0.3) is 9.84 Å². The smallest absolute Gasteiger partial charge is 0.216 e. The molecule has 0 aromatic heterocycles. The summed E-state index contributed by atoms with van der Waals surface area (Å²) in [7, 11) is -12.1. The Bertz CT molecular complexity index is 577. The molecule has 0 bridgehead atoms. The number of benzene rings is 1. The van der Waals surface area contributed by atoms with E-state index in [1.165, 1.54) is 6.07 Å². The fourth-order valence-electron chi connectivity index (χ4n) is 0.868. The zero-order valence-electron chi connectivity index (χ0n) is 7.47. The topological polar surface area (TPSA) is 68.3 Å². The van der Waals surface area contributed by atoms with Crippen molar-refractivity contribution in [3.8, 4) is 0 Å². The number of sulfone groups is 1. The molecule has 1 rings (SSSR count). The van der Waals surface area contributed by atoms with Crippen LogP contribution in [0.4, 0.5) is 12.7 Å². The first-order valence-corrected chi connectivity index (χ1v) is 6.59. The molecule has 0 aliphatic heterocycles. The molecule has 1 aromatic rings. The summed E-state index contributed by atoms with van der Waals surface area (Å²) in [6, 6.07) is 5.03. The van der Waals surface area contributed by atoms with E-state index in [1.807, 2.05) is 0 Å². The lowest BCUT2D eigenvalue weighted by atomic mass is 10.4. The van der Waals surface area contributed by atoms with Crippen molar-refractivity contribution in [2.24, 2.45) is 0 Å². The molecule has 16 heavy (non-hydrogen) atoms. The Morgan fingerprint density at radius 2 is 1.38 bits per heavy atom. The zero-order valence-corrected chi connectivity index (χ0v) is 9.10. The third kappa shape index (κ3) is 1.92. The van der Waals surface area contributed by atoms with Crippen LogP contribution in [-0.4, -0.2) is 21.4 Å². The maximum absolute atomic E-state index is 12.8. The molecule has 0 radical (unpaired) electrons. The Kier molecular flexibility index (Phi) is 3.03. The fraction of sp³-hybridized carbons (Fsp3) is 0.143. The molecule has 0 saturated carbocycles. The predicted octanol–water partition coefficient (Wildman–Crippen LogP) is 1.31. The summed E-state index contributed by atoms with van der Waals surface area (Å²) in [5.41, 5.74) is 0. The Balaban J connectivity index is 3.47. The van der Waals surface area contributed by atoms with E-state index in [-0.39, 0.29) is 0 Å². The van der Waals surface area contributed by atoms with Crippen molar-refractivity contribution >= 4 is 20.1 Å². The first-order chi connectivity index (χ1) is 7.11. The van der Waals surface area contributed by atoms with Crippen LogP contribution in [0.2, 0.25) is 0 Å². The van der Waals surface area contributed by atoms with Gasteiger partial charge in [-0.15, -0.1) is 0 Å². The van der Waals surface area contributed by atoms with E-state index in [9.17, 15) is 29.5 Å². The van der Waals surface area contributed by atoms with E-state index >= 15 is 0 Å². The molecule has 90 valence electrons. The molecule has 9 heteroatoms. The van der Waals surface area contributed by atoms with Crippen LogP contribution < -0.4 is 0 Å². The van der Waals surface area contributed by atoms with Crippen LogP contribution in [0.25, 0.3) is 0 Å². The lowest BCUT2D eigenvalue weighted by Gasteiger charge is -2.12. The van der Waals surface area contributed by atoms with E-state index in [1.54, 1.807) is 0 Å². The molecule has 4 nitrogen and oxygen atoms in total. The summed E-state index contributed by atoms with van der Waals surface area (Å²) in [6.45, 7) is 0. The Morgan fingerprint density at radius 3 is 1.75 bits per heavy atom. The molecule has 0 unspecified atom stereocenters. The standard InChI is InChI=1S/C7H5F3O4S2/c8-7(9,16(10,13)14)15(11,12)6-4-2-1-3-5-6/h1-5H. The lowest BCUT2D eigenvalue weighted by Crippen LogP contribution is -2.35. The molecule has 0 heterocycles. The molecule has 0 fully saturated rings. The van der Waals surface area contributed by atoms with E-state index in [4.69, 9.17) is 0 Å². The minimum Gasteiger partial charge on any atom is -0.216 e. The van der Waals surface area contributed by atoms with Crippen LogP contribution in [-0.2, 0) is 20.1 Å². The molecular weight excluding hydrogens is 269 g/mol. The van der Waals surface area contributed by atoms with Gasteiger partial charge in [0.1, 0.15) is 0 Å².